The molecular formula is C12H22N2O3. The molecule has 0 aromatic carbocycles. The summed E-state index contributed by atoms with van der Waals surface area (Å²) in [7, 11) is 1.63. The van der Waals surface area contributed by atoms with Crippen molar-refractivity contribution in [3.63, 3.8) is 0 Å². The SMILES string of the molecule is CNC(=O)[C@H]1CC[C@@H](C(=O)OC(C)(C)C)NC1. The maximum atomic E-state index is 11.8. The highest BCUT2D eigenvalue weighted by Gasteiger charge is 2.31. The molecule has 1 saturated heterocycles. The first kappa shape index (κ1) is 14.0. The molecule has 0 aromatic rings. The Morgan fingerprint density at radius 3 is 2.35 bits per heavy atom. The van der Waals surface area contributed by atoms with Gasteiger partial charge in [0.15, 0.2) is 0 Å². The Morgan fingerprint density at radius 2 is 1.94 bits per heavy atom. The van der Waals surface area contributed by atoms with E-state index in [1.54, 1.807) is 7.05 Å². The normalized spacial score (nSPS) is 25.2. The van der Waals surface area contributed by atoms with Gasteiger partial charge in [-0.1, -0.05) is 0 Å². The van der Waals surface area contributed by atoms with Crippen LogP contribution in [-0.2, 0) is 14.3 Å². The minimum atomic E-state index is -0.462. The summed E-state index contributed by atoms with van der Waals surface area (Å²) in [4.78, 5) is 23.2. The smallest absolute Gasteiger partial charge is 0.323 e. The zero-order chi connectivity index (χ0) is 13.1. The van der Waals surface area contributed by atoms with Gasteiger partial charge < -0.3 is 15.4 Å². The summed E-state index contributed by atoms with van der Waals surface area (Å²) in [5.41, 5.74) is -0.462. The topological polar surface area (TPSA) is 67.4 Å². The summed E-state index contributed by atoms with van der Waals surface area (Å²) >= 11 is 0. The first-order valence-corrected chi connectivity index (χ1v) is 6.01. The Bertz CT molecular complexity index is 289. The van der Waals surface area contributed by atoms with E-state index >= 15 is 0 Å². The molecule has 1 fully saturated rings. The second-order valence-corrected chi connectivity index (χ2v) is 5.38. The average Bonchev–Trinajstić information content (AvgIpc) is 2.26. The first-order chi connectivity index (χ1) is 7.83. The fraction of sp³-hybridized carbons (Fsp3) is 0.833. The molecule has 0 spiro atoms. The van der Waals surface area contributed by atoms with Gasteiger partial charge in [0.1, 0.15) is 11.6 Å². The summed E-state index contributed by atoms with van der Waals surface area (Å²) in [5.74, 6) is -0.244. The van der Waals surface area contributed by atoms with Crippen molar-refractivity contribution in [3.8, 4) is 0 Å². The van der Waals surface area contributed by atoms with Crippen LogP contribution < -0.4 is 10.6 Å². The van der Waals surface area contributed by atoms with Gasteiger partial charge in [0.2, 0.25) is 5.91 Å². The average molecular weight is 242 g/mol. The number of ether oxygens (including phenoxy) is 1. The van der Waals surface area contributed by atoms with Gasteiger partial charge in [-0.2, -0.15) is 0 Å². The van der Waals surface area contributed by atoms with Crippen LogP contribution in [0.4, 0.5) is 0 Å². The van der Waals surface area contributed by atoms with E-state index in [2.05, 4.69) is 10.6 Å². The van der Waals surface area contributed by atoms with Crippen molar-refractivity contribution in [2.75, 3.05) is 13.6 Å². The van der Waals surface area contributed by atoms with Crippen LogP contribution >= 0.6 is 0 Å². The lowest BCUT2D eigenvalue weighted by atomic mass is 9.94. The van der Waals surface area contributed by atoms with E-state index in [4.69, 9.17) is 4.74 Å². The summed E-state index contributed by atoms with van der Waals surface area (Å²) in [6.45, 7) is 6.08. The predicted octanol–water partition coefficient (Wildman–Crippen LogP) is 0.442. The third-order valence-corrected chi connectivity index (χ3v) is 2.72. The zero-order valence-corrected chi connectivity index (χ0v) is 11.0. The van der Waals surface area contributed by atoms with Crippen molar-refractivity contribution in [1.82, 2.24) is 10.6 Å². The highest BCUT2D eigenvalue weighted by atomic mass is 16.6. The van der Waals surface area contributed by atoms with Crippen molar-refractivity contribution in [3.05, 3.63) is 0 Å². The Hall–Kier alpha value is -1.10. The predicted molar refractivity (Wildman–Crippen MR) is 64.4 cm³/mol. The van der Waals surface area contributed by atoms with Crippen LogP contribution in [0.25, 0.3) is 0 Å². The van der Waals surface area contributed by atoms with Crippen LogP contribution in [0.5, 0.6) is 0 Å². The van der Waals surface area contributed by atoms with E-state index in [9.17, 15) is 9.59 Å². The first-order valence-electron chi connectivity index (χ1n) is 6.01. The molecule has 17 heavy (non-hydrogen) atoms. The number of amides is 1. The van der Waals surface area contributed by atoms with Crippen molar-refractivity contribution in [1.29, 1.82) is 0 Å². The molecule has 0 radical (unpaired) electrons. The van der Waals surface area contributed by atoms with Gasteiger partial charge in [0.05, 0.1) is 5.92 Å². The quantitative estimate of drug-likeness (QED) is 0.690. The molecule has 0 aliphatic carbocycles. The molecule has 98 valence electrons. The molecule has 1 aliphatic rings. The molecule has 1 amide bonds. The number of hydrogen-bond donors (Lipinski definition) is 2. The largest absolute Gasteiger partial charge is 0.459 e. The molecular weight excluding hydrogens is 220 g/mol. The van der Waals surface area contributed by atoms with Crippen molar-refractivity contribution < 1.29 is 14.3 Å². The fourth-order valence-electron chi connectivity index (χ4n) is 1.86. The van der Waals surface area contributed by atoms with Gasteiger partial charge in [0, 0.05) is 13.6 Å². The molecule has 5 heteroatoms. The van der Waals surface area contributed by atoms with E-state index in [1.165, 1.54) is 0 Å². The van der Waals surface area contributed by atoms with Crippen molar-refractivity contribution >= 4 is 11.9 Å². The van der Waals surface area contributed by atoms with Crippen molar-refractivity contribution in [2.24, 2.45) is 5.92 Å². The lowest BCUT2D eigenvalue weighted by molar-refractivity contribution is -0.158. The molecule has 0 aromatic heterocycles. The van der Waals surface area contributed by atoms with Crippen LogP contribution in [-0.4, -0.2) is 37.1 Å². The number of carbonyl (C=O) groups excluding carboxylic acids is 2. The van der Waals surface area contributed by atoms with Crippen LogP contribution in [0.1, 0.15) is 33.6 Å². The van der Waals surface area contributed by atoms with Gasteiger partial charge in [-0.3, -0.25) is 9.59 Å². The summed E-state index contributed by atoms with van der Waals surface area (Å²) in [6, 6.07) is -0.282. The molecule has 1 aliphatic heterocycles. The molecule has 0 saturated carbocycles. The van der Waals surface area contributed by atoms with E-state index in [0.717, 1.165) is 6.42 Å². The number of rotatable bonds is 2. The Balaban J connectivity index is 2.42. The monoisotopic (exact) mass is 242 g/mol. The molecule has 2 atom stereocenters. The lowest BCUT2D eigenvalue weighted by Crippen LogP contribution is -2.49. The molecule has 2 N–H and O–H groups in total. The summed E-state index contributed by atoms with van der Waals surface area (Å²) in [5, 5.41) is 5.69. The molecule has 0 bridgehead atoms. The zero-order valence-electron chi connectivity index (χ0n) is 11.0. The van der Waals surface area contributed by atoms with E-state index in [1.807, 2.05) is 20.8 Å². The van der Waals surface area contributed by atoms with Gasteiger partial charge in [-0.05, 0) is 33.6 Å². The van der Waals surface area contributed by atoms with Gasteiger partial charge in [-0.25, -0.2) is 0 Å². The minimum Gasteiger partial charge on any atom is -0.459 e. The number of esters is 1. The maximum absolute atomic E-state index is 11.8. The van der Waals surface area contributed by atoms with Crippen LogP contribution in [0.15, 0.2) is 0 Å². The van der Waals surface area contributed by atoms with Crippen molar-refractivity contribution in [2.45, 2.75) is 45.3 Å². The standard InChI is InChI=1S/C12H22N2O3/c1-12(2,3)17-11(16)9-6-5-8(7-14-9)10(15)13-4/h8-9,14H,5-7H2,1-4H3,(H,13,15)/t8-,9-/m0/s1. The second kappa shape index (κ2) is 5.49. The number of hydrogen-bond acceptors (Lipinski definition) is 4. The highest BCUT2D eigenvalue weighted by Crippen LogP contribution is 2.17. The molecule has 5 nitrogen and oxygen atoms in total. The van der Waals surface area contributed by atoms with Gasteiger partial charge in [-0.15, -0.1) is 0 Å². The highest BCUT2D eigenvalue weighted by molar-refractivity contribution is 5.80. The lowest BCUT2D eigenvalue weighted by Gasteiger charge is -2.30. The Kier molecular flexibility index (Phi) is 4.51. The number of piperidine rings is 1. The summed E-state index contributed by atoms with van der Waals surface area (Å²) in [6.07, 6.45) is 1.36. The van der Waals surface area contributed by atoms with Crippen LogP contribution in [0.2, 0.25) is 0 Å². The fourth-order valence-corrected chi connectivity index (χ4v) is 1.86. The number of nitrogens with one attached hydrogen (secondary N) is 2. The van der Waals surface area contributed by atoms with Crippen LogP contribution in [0, 0.1) is 5.92 Å². The Morgan fingerprint density at radius 1 is 1.29 bits per heavy atom. The second-order valence-electron chi connectivity index (χ2n) is 5.38. The Labute approximate surface area is 102 Å². The summed E-state index contributed by atoms with van der Waals surface area (Å²) < 4.78 is 5.30. The third kappa shape index (κ3) is 4.34. The third-order valence-electron chi connectivity index (χ3n) is 2.72. The van der Waals surface area contributed by atoms with Crippen LogP contribution in [0.3, 0.4) is 0 Å². The molecule has 1 heterocycles. The van der Waals surface area contributed by atoms with E-state index in [-0.39, 0.29) is 23.8 Å². The van der Waals surface area contributed by atoms with Gasteiger partial charge in [0.25, 0.3) is 0 Å². The van der Waals surface area contributed by atoms with E-state index < -0.39 is 5.60 Å². The maximum Gasteiger partial charge on any atom is 0.323 e. The van der Waals surface area contributed by atoms with E-state index in [0.29, 0.717) is 13.0 Å². The number of carbonyl (C=O) groups is 2. The van der Waals surface area contributed by atoms with Gasteiger partial charge >= 0.3 is 5.97 Å². The minimum absolute atomic E-state index is 0.0279. The molecule has 0 unspecified atom stereocenters. The molecule has 1 rings (SSSR count).